The summed E-state index contributed by atoms with van der Waals surface area (Å²) in [5, 5.41) is 12.2. The summed E-state index contributed by atoms with van der Waals surface area (Å²) in [6.45, 7) is 6.67. The first-order valence-corrected chi connectivity index (χ1v) is 5.89. The van der Waals surface area contributed by atoms with Crippen LogP contribution in [0.1, 0.15) is 52.9 Å². The number of nitrogens with one attached hydrogen (secondary N) is 1. The van der Waals surface area contributed by atoms with Crippen LogP contribution in [0.2, 0.25) is 0 Å². The minimum atomic E-state index is -0.700. The van der Waals surface area contributed by atoms with Crippen molar-refractivity contribution in [3.05, 3.63) is 0 Å². The average molecular weight is 213 g/mol. The SMILES string of the molecule is CC(CCC(=O)O)NC1CCCC1(C)C. The van der Waals surface area contributed by atoms with Gasteiger partial charge in [-0.15, -0.1) is 0 Å². The summed E-state index contributed by atoms with van der Waals surface area (Å²) in [4.78, 5) is 10.4. The molecule has 0 aromatic rings. The van der Waals surface area contributed by atoms with Crippen LogP contribution in [0.4, 0.5) is 0 Å². The first-order chi connectivity index (χ1) is 6.92. The Balaban J connectivity index is 2.31. The molecule has 1 rings (SSSR count). The maximum atomic E-state index is 10.4. The highest BCUT2D eigenvalue weighted by molar-refractivity contribution is 5.66. The second-order valence-corrected chi connectivity index (χ2v) is 5.43. The van der Waals surface area contributed by atoms with Gasteiger partial charge >= 0.3 is 5.97 Å². The Morgan fingerprint density at radius 2 is 2.27 bits per heavy atom. The van der Waals surface area contributed by atoms with Crippen molar-refractivity contribution in [2.24, 2.45) is 5.41 Å². The number of aliphatic carboxylic acids is 1. The van der Waals surface area contributed by atoms with Gasteiger partial charge in [-0.25, -0.2) is 0 Å². The van der Waals surface area contributed by atoms with Crippen LogP contribution in [0.15, 0.2) is 0 Å². The molecule has 0 radical (unpaired) electrons. The summed E-state index contributed by atoms with van der Waals surface area (Å²) in [5.74, 6) is -0.700. The number of carbonyl (C=O) groups is 1. The van der Waals surface area contributed by atoms with E-state index in [0.717, 1.165) is 6.42 Å². The van der Waals surface area contributed by atoms with E-state index < -0.39 is 5.97 Å². The van der Waals surface area contributed by atoms with Crippen LogP contribution in [-0.2, 0) is 4.79 Å². The zero-order valence-electron chi connectivity index (χ0n) is 10.0. The monoisotopic (exact) mass is 213 g/mol. The summed E-state index contributed by atoms with van der Waals surface area (Å²) < 4.78 is 0. The lowest BCUT2D eigenvalue weighted by Crippen LogP contribution is -2.42. The molecule has 0 aliphatic heterocycles. The predicted molar refractivity (Wildman–Crippen MR) is 60.9 cm³/mol. The molecule has 1 saturated carbocycles. The molecular weight excluding hydrogens is 190 g/mol. The molecule has 2 atom stereocenters. The summed E-state index contributed by atoms with van der Waals surface area (Å²) in [6, 6.07) is 0.866. The normalized spacial score (nSPS) is 26.5. The molecular formula is C12H23NO2. The van der Waals surface area contributed by atoms with Crippen LogP contribution in [0.25, 0.3) is 0 Å². The van der Waals surface area contributed by atoms with E-state index in [-0.39, 0.29) is 6.42 Å². The van der Waals surface area contributed by atoms with Crippen LogP contribution in [-0.4, -0.2) is 23.2 Å². The van der Waals surface area contributed by atoms with Crippen molar-refractivity contribution in [3.63, 3.8) is 0 Å². The van der Waals surface area contributed by atoms with Crippen LogP contribution < -0.4 is 5.32 Å². The molecule has 0 bridgehead atoms. The van der Waals surface area contributed by atoms with E-state index in [4.69, 9.17) is 5.11 Å². The van der Waals surface area contributed by atoms with Crippen molar-refractivity contribution < 1.29 is 9.90 Å². The molecule has 0 heterocycles. The van der Waals surface area contributed by atoms with Crippen LogP contribution in [0.3, 0.4) is 0 Å². The summed E-state index contributed by atoms with van der Waals surface area (Å²) in [6.07, 6.45) is 4.78. The molecule has 2 N–H and O–H groups in total. The number of hydrogen-bond donors (Lipinski definition) is 2. The van der Waals surface area contributed by atoms with Gasteiger partial charge in [-0.05, 0) is 31.6 Å². The highest BCUT2D eigenvalue weighted by atomic mass is 16.4. The molecule has 1 aliphatic carbocycles. The molecule has 0 saturated heterocycles. The molecule has 2 unspecified atom stereocenters. The number of hydrogen-bond acceptors (Lipinski definition) is 2. The van der Waals surface area contributed by atoms with Crippen LogP contribution >= 0.6 is 0 Å². The van der Waals surface area contributed by atoms with E-state index in [1.165, 1.54) is 19.3 Å². The van der Waals surface area contributed by atoms with Crippen LogP contribution in [0.5, 0.6) is 0 Å². The van der Waals surface area contributed by atoms with Gasteiger partial charge in [-0.3, -0.25) is 4.79 Å². The summed E-state index contributed by atoms with van der Waals surface area (Å²) in [7, 11) is 0. The quantitative estimate of drug-likeness (QED) is 0.737. The Hall–Kier alpha value is -0.570. The van der Waals surface area contributed by atoms with E-state index in [9.17, 15) is 4.79 Å². The van der Waals surface area contributed by atoms with E-state index in [2.05, 4.69) is 26.1 Å². The molecule has 1 fully saturated rings. The Morgan fingerprint density at radius 3 is 2.73 bits per heavy atom. The minimum absolute atomic E-state index is 0.265. The molecule has 0 aromatic carbocycles. The van der Waals surface area contributed by atoms with Gasteiger partial charge < -0.3 is 10.4 Å². The van der Waals surface area contributed by atoms with Gasteiger partial charge in [0.2, 0.25) is 0 Å². The summed E-state index contributed by atoms with van der Waals surface area (Å²) in [5.41, 5.74) is 0.373. The smallest absolute Gasteiger partial charge is 0.303 e. The third-order valence-corrected chi connectivity index (χ3v) is 3.53. The zero-order valence-corrected chi connectivity index (χ0v) is 10.0. The van der Waals surface area contributed by atoms with Gasteiger partial charge in [-0.1, -0.05) is 20.3 Å². The lowest BCUT2D eigenvalue weighted by molar-refractivity contribution is -0.137. The molecule has 0 spiro atoms. The maximum Gasteiger partial charge on any atom is 0.303 e. The van der Waals surface area contributed by atoms with Crippen molar-refractivity contribution in [1.29, 1.82) is 0 Å². The predicted octanol–water partition coefficient (Wildman–Crippen LogP) is 2.41. The number of carboxylic acids is 1. The van der Waals surface area contributed by atoms with Gasteiger partial charge in [0.25, 0.3) is 0 Å². The lowest BCUT2D eigenvalue weighted by Gasteiger charge is -2.30. The third-order valence-electron chi connectivity index (χ3n) is 3.53. The second-order valence-electron chi connectivity index (χ2n) is 5.43. The fourth-order valence-electron chi connectivity index (χ4n) is 2.40. The molecule has 0 aromatic heterocycles. The van der Waals surface area contributed by atoms with Gasteiger partial charge in [0, 0.05) is 18.5 Å². The van der Waals surface area contributed by atoms with Crippen molar-refractivity contribution in [1.82, 2.24) is 5.32 Å². The van der Waals surface area contributed by atoms with Crippen LogP contribution in [0, 0.1) is 5.41 Å². The fourth-order valence-corrected chi connectivity index (χ4v) is 2.40. The van der Waals surface area contributed by atoms with Crippen molar-refractivity contribution in [2.75, 3.05) is 0 Å². The standard InChI is InChI=1S/C12H23NO2/c1-9(6-7-11(14)15)13-10-5-4-8-12(10,2)3/h9-10,13H,4-8H2,1-3H3,(H,14,15). The second kappa shape index (κ2) is 4.97. The third kappa shape index (κ3) is 3.82. The topological polar surface area (TPSA) is 49.3 Å². The fraction of sp³-hybridized carbons (Fsp3) is 0.917. The number of rotatable bonds is 5. The first-order valence-electron chi connectivity index (χ1n) is 5.89. The Bertz CT molecular complexity index is 226. The van der Waals surface area contributed by atoms with Crippen molar-refractivity contribution >= 4 is 5.97 Å². The molecule has 3 nitrogen and oxygen atoms in total. The van der Waals surface area contributed by atoms with Crippen molar-refractivity contribution in [2.45, 2.75) is 65.0 Å². The Morgan fingerprint density at radius 1 is 1.60 bits per heavy atom. The van der Waals surface area contributed by atoms with Gasteiger partial charge in [-0.2, -0.15) is 0 Å². The van der Waals surface area contributed by atoms with E-state index in [1.54, 1.807) is 0 Å². The minimum Gasteiger partial charge on any atom is -0.481 e. The molecule has 3 heteroatoms. The molecule has 1 aliphatic rings. The van der Waals surface area contributed by atoms with E-state index >= 15 is 0 Å². The lowest BCUT2D eigenvalue weighted by atomic mass is 9.87. The maximum absolute atomic E-state index is 10.4. The highest BCUT2D eigenvalue weighted by Gasteiger charge is 2.34. The largest absolute Gasteiger partial charge is 0.481 e. The van der Waals surface area contributed by atoms with E-state index in [0.29, 0.717) is 17.5 Å². The van der Waals surface area contributed by atoms with Gasteiger partial charge in [0.05, 0.1) is 0 Å². The Kier molecular flexibility index (Phi) is 4.14. The van der Waals surface area contributed by atoms with Crippen molar-refractivity contribution in [3.8, 4) is 0 Å². The highest BCUT2D eigenvalue weighted by Crippen LogP contribution is 2.37. The summed E-state index contributed by atoms with van der Waals surface area (Å²) >= 11 is 0. The molecule has 88 valence electrons. The number of carboxylic acid groups (broad SMARTS) is 1. The molecule has 0 amide bonds. The first kappa shape index (κ1) is 12.5. The zero-order chi connectivity index (χ0) is 11.5. The van der Waals surface area contributed by atoms with Gasteiger partial charge in [0.15, 0.2) is 0 Å². The molecule has 15 heavy (non-hydrogen) atoms. The van der Waals surface area contributed by atoms with E-state index in [1.807, 2.05) is 0 Å². The van der Waals surface area contributed by atoms with Gasteiger partial charge in [0.1, 0.15) is 0 Å². The average Bonchev–Trinajstić information content (AvgIpc) is 2.43. The Labute approximate surface area is 92.3 Å².